The van der Waals surface area contributed by atoms with E-state index < -0.39 is 0 Å². The van der Waals surface area contributed by atoms with E-state index in [1.807, 2.05) is 17.5 Å². The average molecular weight is 367 g/mol. The first-order chi connectivity index (χ1) is 9.78. The van der Waals surface area contributed by atoms with Gasteiger partial charge in [0.15, 0.2) is 0 Å². The van der Waals surface area contributed by atoms with Crippen LogP contribution in [0.5, 0.6) is 5.75 Å². The first-order valence-corrected chi connectivity index (χ1v) is 8.57. The van der Waals surface area contributed by atoms with Crippen molar-refractivity contribution in [3.05, 3.63) is 46.0 Å². The van der Waals surface area contributed by atoms with E-state index >= 15 is 0 Å². The van der Waals surface area contributed by atoms with Crippen LogP contribution in [0.4, 0.5) is 0 Å². The van der Waals surface area contributed by atoms with E-state index in [-0.39, 0.29) is 0 Å². The molecular formula is C14H11BrN2OS2. The van der Waals surface area contributed by atoms with Crippen molar-refractivity contribution in [1.29, 1.82) is 0 Å². The fraction of sp³-hybridized carbons (Fsp3) is 0.143. The second-order valence-corrected chi connectivity index (χ2v) is 6.84. The summed E-state index contributed by atoms with van der Waals surface area (Å²) in [6.07, 6.45) is 1.62. The standard InChI is InChI=1S/C14H11BrN2OS2/c1-18-12-3-2-10(15)6-9(12)7-20-14-11-4-5-19-13(11)16-8-17-14/h2-6,8H,7H2,1H3. The second-order valence-electron chi connectivity index (χ2n) is 4.06. The molecule has 102 valence electrons. The van der Waals surface area contributed by atoms with Crippen molar-refractivity contribution in [3.63, 3.8) is 0 Å². The molecule has 0 fully saturated rings. The number of benzene rings is 1. The van der Waals surface area contributed by atoms with E-state index in [0.29, 0.717) is 0 Å². The van der Waals surface area contributed by atoms with Crippen LogP contribution in [0.15, 0.2) is 45.5 Å². The van der Waals surface area contributed by atoms with Gasteiger partial charge in [0, 0.05) is 21.2 Å². The lowest BCUT2D eigenvalue weighted by molar-refractivity contribution is 0.411. The number of fused-ring (bicyclic) bond motifs is 1. The summed E-state index contributed by atoms with van der Waals surface area (Å²) in [7, 11) is 1.69. The Balaban J connectivity index is 1.86. The first-order valence-electron chi connectivity index (χ1n) is 5.91. The number of methoxy groups -OCH3 is 1. The molecule has 0 aliphatic heterocycles. The molecule has 0 atom stereocenters. The van der Waals surface area contributed by atoms with Crippen molar-refractivity contribution in [1.82, 2.24) is 9.97 Å². The minimum Gasteiger partial charge on any atom is -0.496 e. The molecule has 1 aromatic carbocycles. The van der Waals surface area contributed by atoms with E-state index in [0.717, 1.165) is 36.8 Å². The molecule has 3 rings (SSSR count). The molecule has 20 heavy (non-hydrogen) atoms. The van der Waals surface area contributed by atoms with Gasteiger partial charge in [-0.15, -0.1) is 23.1 Å². The van der Waals surface area contributed by atoms with Crippen molar-refractivity contribution < 1.29 is 4.74 Å². The Morgan fingerprint density at radius 2 is 2.20 bits per heavy atom. The van der Waals surface area contributed by atoms with Crippen LogP contribution in [0, 0.1) is 0 Å². The Kier molecular flexibility index (Phi) is 4.24. The molecule has 0 N–H and O–H groups in total. The lowest BCUT2D eigenvalue weighted by Gasteiger charge is -2.08. The van der Waals surface area contributed by atoms with Crippen LogP contribution in [0.3, 0.4) is 0 Å². The summed E-state index contributed by atoms with van der Waals surface area (Å²) in [5.41, 5.74) is 1.15. The monoisotopic (exact) mass is 366 g/mol. The van der Waals surface area contributed by atoms with Gasteiger partial charge in [-0.1, -0.05) is 15.9 Å². The number of hydrogen-bond donors (Lipinski definition) is 0. The predicted molar refractivity (Wildman–Crippen MR) is 87.7 cm³/mol. The number of halogens is 1. The third kappa shape index (κ3) is 2.82. The van der Waals surface area contributed by atoms with Crippen molar-refractivity contribution in [2.75, 3.05) is 7.11 Å². The number of ether oxygens (including phenoxy) is 1. The van der Waals surface area contributed by atoms with Gasteiger partial charge in [-0.25, -0.2) is 9.97 Å². The van der Waals surface area contributed by atoms with Crippen molar-refractivity contribution >= 4 is 49.2 Å². The van der Waals surface area contributed by atoms with Crippen molar-refractivity contribution in [2.45, 2.75) is 10.8 Å². The van der Waals surface area contributed by atoms with Crippen LogP contribution in [0.1, 0.15) is 5.56 Å². The third-order valence-electron chi connectivity index (χ3n) is 2.83. The minimum atomic E-state index is 0.810. The maximum Gasteiger partial charge on any atom is 0.127 e. The van der Waals surface area contributed by atoms with Crippen LogP contribution in [-0.4, -0.2) is 17.1 Å². The van der Waals surface area contributed by atoms with E-state index in [1.54, 1.807) is 36.5 Å². The van der Waals surface area contributed by atoms with Gasteiger partial charge in [0.05, 0.1) is 7.11 Å². The normalized spacial score (nSPS) is 10.9. The molecule has 0 amide bonds. The highest BCUT2D eigenvalue weighted by Gasteiger charge is 2.08. The zero-order chi connectivity index (χ0) is 13.9. The zero-order valence-corrected chi connectivity index (χ0v) is 13.9. The molecule has 6 heteroatoms. The van der Waals surface area contributed by atoms with Gasteiger partial charge in [0.25, 0.3) is 0 Å². The van der Waals surface area contributed by atoms with E-state index in [9.17, 15) is 0 Å². The summed E-state index contributed by atoms with van der Waals surface area (Å²) in [5, 5.41) is 4.18. The summed E-state index contributed by atoms with van der Waals surface area (Å²) < 4.78 is 6.45. The molecule has 3 aromatic rings. The predicted octanol–water partition coefficient (Wildman–Crippen LogP) is 4.75. The number of thioether (sulfide) groups is 1. The number of hydrogen-bond acceptors (Lipinski definition) is 5. The molecule has 0 aliphatic rings. The van der Waals surface area contributed by atoms with Crippen LogP contribution in [0.2, 0.25) is 0 Å². The summed E-state index contributed by atoms with van der Waals surface area (Å²) in [6.45, 7) is 0. The molecule has 2 aromatic heterocycles. The highest BCUT2D eigenvalue weighted by Crippen LogP contribution is 2.33. The molecule has 0 unspecified atom stereocenters. The Bertz CT molecular complexity index is 745. The van der Waals surface area contributed by atoms with Gasteiger partial charge in [-0.05, 0) is 29.6 Å². The smallest absolute Gasteiger partial charge is 0.127 e. The first kappa shape index (κ1) is 13.9. The molecular weight excluding hydrogens is 356 g/mol. The Morgan fingerprint density at radius 1 is 1.30 bits per heavy atom. The van der Waals surface area contributed by atoms with Gasteiger partial charge in [-0.3, -0.25) is 0 Å². The summed E-state index contributed by atoms with van der Waals surface area (Å²) >= 11 is 6.83. The number of thiophene rings is 1. The molecule has 0 saturated heterocycles. The molecule has 0 aliphatic carbocycles. The summed E-state index contributed by atoms with van der Waals surface area (Å²) in [6, 6.07) is 8.10. The van der Waals surface area contributed by atoms with Gasteiger partial charge in [-0.2, -0.15) is 0 Å². The SMILES string of the molecule is COc1ccc(Br)cc1CSc1ncnc2sccc12. The lowest BCUT2D eigenvalue weighted by Crippen LogP contribution is -1.91. The quantitative estimate of drug-likeness (QED) is 0.492. The van der Waals surface area contributed by atoms with Crippen molar-refractivity contribution in [3.8, 4) is 5.75 Å². The van der Waals surface area contributed by atoms with Gasteiger partial charge >= 0.3 is 0 Å². The Labute approximate surface area is 133 Å². The molecule has 0 spiro atoms. The van der Waals surface area contributed by atoms with Crippen LogP contribution in [-0.2, 0) is 5.75 Å². The average Bonchev–Trinajstić information content (AvgIpc) is 2.94. The Hall–Kier alpha value is -1.11. The number of rotatable bonds is 4. The van der Waals surface area contributed by atoms with Crippen LogP contribution < -0.4 is 4.74 Å². The molecule has 0 bridgehead atoms. The topological polar surface area (TPSA) is 35.0 Å². The highest BCUT2D eigenvalue weighted by atomic mass is 79.9. The van der Waals surface area contributed by atoms with Crippen molar-refractivity contribution in [2.24, 2.45) is 0 Å². The van der Waals surface area contributed by atoms with Gasteiger partial charge < -0.3 is 4.74 Å². The third-order valence-corrected chi connectivity index (χ3v) is 5.20. The van der Waals surface area contributed by atoms with E-state index in [4.69, 9.17) is 4.74 Å². The number of aromatic nitrogens is 2. The lowest BCUT2D eigenvalue weighted by atomic mass is 10.2. The fourth-order valence-electron chi connectivity index (χ4n) is 1.89. The van der Waals surface area contributed by atoms with Crippen LogP contribution >= 0.6 is 39.0 Å². The Morgan fingerprint density at radius 3 is 3.05 bits per heavy atom. The number of nitrogens with zero attached hydrogens (tertiary/aromatic N) is 2. The fourth-order valence-corrected chi connectivity index (χ4v) is 4.05. The minimum absolute atomic E-state index is 0.810. The second kappa shape index (κ2) is 6.11. The molecule has 0 radical (unpaired) electrons. The molecule has 3 nitrogen and oxygen atoms in total. The maximum absolute atomic E-state index is 5.40. The van der Waals surface area contributed by atoms with E-state index in [1.165, 1.54) is 0 Å². The van der Waals surface area contributed by atoms with Gasteiger partial charge in [0.1, 0.15) is 21.9 Å². The van der Waals surface area contributed by atoms with Gasteiger partial charge in [0.2, 0.25) is 0 Å². The molecule has 2 heterocycles. The maximum atomic E-state index is 5.40. The summed E-state index contributed by atoms with van der Waals surface area (Å²) in [4.78, 5) is 9.68. The van der Waals surface area contributed by atoms with Crippen LogP contribution in [0.25, 0.3) is 10.2 Å². The largest absolute Gasteiger partial charge is 0.496 e. The zero-order valence-electron chi connectivity index (χ0n) is 10.7. The van der Waals surface area contributed by atoms with E-state index in [2.05, 4.69) is 38.0 Å². The summed E-state index contributed by atoms with van der Waals surface area (Å²) in [5.74, 6) is 1.71. The highest BCUT2D eigenvalue weighted by molar-refractivity contribution is 9.10. The molecule has 0 saturated carbocycles.